The van der Waals surface area contributed by atoms with E-state index < -0.39 is 0 Å². The molecule has 1 aromatic heterocycles. The van der Waals surface area contributed by atoms with Crippen molar-refractivity contribution in [2.24, 2.45) is 0 Å². The smallest absolute Gasteiger partial charge is 0.252 e. The van der Waals surface area contributed by atoms with E-state index in [1.165, 1.54) is 10.4 Å². The highest BCUT2D eigenvalue weighted by molar-refractivity contribution is 14.1. The predicted octanol–water partition coefficient (Wildman–Crippen LogP) is 3.90. The van der Waals surface area contributed by atoms with Crippen LogP contribution in [-0.2, 0) is 6.54 Å². The quantitative estimate of drug-likeness (QED) is 0.815. The van der Waals surface area contributed by atoms with Crippen molar-refractivity contribution in [2.75, 3.05) is 0 Å². The fourth-order valence-electron chi connectivity index (χ4n) is 1.66. The van der Waals surface area contributed by atoms with E-state index >= 15 is 0 Å². The summed E-state index contributed by atoms with van der Waals surface area (Å²) in [6.07, 6.45) is 0. The first-order chi connectivity index (χ1) is 8.59. The van der Waals surface area contributed by atoms with Gasteiger partial charge in [-0.2, -0.15) is 0 Å². The second-order valence-corrected chi connectivity index (χ2v) is 6.23. The molecule has 0 aliphatic heterocycles. The Morgan fingerprint density at radius 1 is 1.28 bits per heavy atom. The van der Waals surface area contributed by atoms with E-state index in [0.29, 0.717) is 6.54 Å². The van der Waals surface area contributed by atoms with Crippen LogP contribution in [-0.4, -0.2) is 5.91 Å². The van der Waals surface area contributed by atoms with Crippen molar-refractivity contribution < 1.29 is 4.79 Å². The zero-order chi connectivity index (χ0) is 13.1. The Morgan fingerprint density at radius 3 is 2.72 bits per heavy atom. The first-order valence-corrected chi connectivity index (χ1v) is 7.61. The molecule has 0 fully saturated rings. The molecule has 94 valence electrons. The molecular weight excluding hydrogens is 357 g/mol. The van der Waals surface area contributed by atoms with Crippen molar-refractivity contribution in [3.05, 3.63) is 54.8 Å². The molecule has 2 rings (SSSR count). The van der Waals surface area contributed by atoms with Crippen LogP contribution in [0.25, 0.3) is 0 Å². The van der Waals surface area contributed by atoms with Crippen LogP contribution in [0.1, 0.15) is 26.4 Å². The molecule has 1 N–H and O–H groups in total. The Kier molecular flexibility index (Phi) is 4.40. The number of hydrogen-bond donors (Lipinski definition) is 1. The van der Waals surface area contributed by atoms with Crippen molar-refractivity contribution in [1.29, 1.82) is 0 Å². The molecule has 1 heterocycles. The van der Waals surface area contributed by atoms with Gasteiger partial charge < -0.3 is 5.32 Å². The van der Waals surface area contributed by atoms with Crippen molar-refractivity contribution in [1.82, 2.24) is 5.32 Å². The zero-order valence-corrected chi connectivity index (χ0v) is 13.3. The van der Waals surface area contributed by atoms with Gasteiger partial charge in [-0.15, -0.1) is 11.3 Å². The molecule has 18 heavy (non-hydrogen) atoms. The first-order valence-electron chi connectivity index (χ1n) is 5.66. The van der Waals surface area contributed by atoms with Crippen molar-refractivity contribution in [2.45, 2.75) is 20.4 Å². The molecule has 2 aromatic rings. The van der Waals surface area contributed by atoms with Gasteiger partial charge in [-0.1, -0.05) is 12.1 Å². The monoisotopic (exact) mass is 371 g/mol. The van der Waals surface area contributed by atoms with Gasteiger partial charge in [-0.05, 0) is 65.1 Å². The summed E-state index contributed by atoms with van der Waals surface area (Å²) in [4.78, 5) is 13.3. The molecule has 1 amide bonds. The average Bonchev–Trinajstić information content (AvgIpc) is 2.75. The van der Waals surface area contributed by atoms with Crippen LogP contribution in [0.15, 0.2) is 29.6 Å². The number of rotatable bonds is 3. The van der Waals surface area contributed by atoms with Crippen LogP contribution >= 0.6 is 33.9 Å². The molecule has 0 saturated carbocycles. The highest BCUT2D eigenvalue weighted by atomic mass is 127. The van der Waals surface area contributed by atoms with Gasteiger partial charge in [0.15, 0.2) is 0 Å². The maximum Gasteiger partial charge on any atom is 0.252 e. The third kappa shape index (κ3) is 2.92. The molecule has 4 heteroatoms. The number of amides is 1. The van der Waals surface area contributed by atoms with E-state index in [1.54, 1.807) is 11.3 Å². The number of carbonyl (C=O) groups excluding carboxylic acids is 1. The van der Waals surface area contributed by atoms with Gasteiger partial charge in [-0.25, -0.2) is 0 Å². The minimum absolute atomic E-state index is 0.00380. The van der Waals surface area contributed by atoms with E-state index in [9.17, 15) is 4.79 Å². The van der Waals surface area contributed by atoms with E-state index in [0.717, 1.165) is 14.7 Å². The average molecular weight is 371 g/mol. The molecule has 0 aliphatic rings. The van der Waals surface area contributed by atoms with Gasteiger partial charge in [0.05, 0.1) is 12.1 Å². The number of aryl methyl sites for hydroxylation is 2. The van der Waals surface area contributed by atoms with Crippen LogP contribution in [0.2, 0.25) is 0 Å². The van der Waals surface area contributed by atoms with Gasteiger partial charge in [-0.3, -0.25) is 4.79 Å². The molecule has 0 aliphatic carbocycles. The fraction of sp³-hybridized carbons (Fsp3) is 0.214. The van der Waals surface area contributed by atoms with Crippen molar-refractivity contribution in [3.63, 3.8) is 0 Å². The zero-order valence-electron chi connectivity index (χ0n) is 10.3. The van der Waals surface area contributed by atoms with Crippen molar-refractivity contribution in [3.8, 4) is 0 Å². The third-order valence-electron chi connectivity index (χ3n) is 2.81. The lowest BCUT2D eigenvalue weighted by atomic mass is 10.1. The number of benzene rings is 1. The molecule has 0 unspecified atom stereocenters. The molecule has 0 saturated heterocycles. The summed E-state index contributed by atoms with van der Waals surface area (Å²) in [6, 6.07) is 7.87. The lowest BCUT2D eigenvalue weighted by Gasteiger charge is -2.08. The lowest BCUT2D eigenvalue weighted by Crippen LogP contribution is -2.23. The Hall–Kier alpha value is -0.880. The summed E-state index contributed by atoms with van der Waals surface area (Å²) in [5.74, 6) is -0.00380. The second kappa shape index (κ2) is 5.84. The summed E-state index contributed by atoms with van der Waals surface area (Å²) in [6.45, 7) is 4.68. The lowest BCUT2D eigenvalue weighted by molar-refractivity contribution is 0.0950. The van der Waals surface area contributed by atoms with Crippen molar-refractivity contribution >= 4 is 39.8 Å². The summed E-state index contributed by atoms with van der Waals surface area (Å²) in [7, 11) is 0. The van der Waals surface area contributed by atoms with E-state index in [1.807, 2.05) is 30.5 Å². The van der Waals surface area contributed by atoms with Gasteiger partial charge >= 0.3 is 0 Å². The third-order valence-corrected chi connectivity index (χ3v) is 5.27. The normalized spacial score (nSPS) is 10.4. The summed E-state index contributed by atoms with van der Waals surface area (Å²) in [5, 5.41) is 5.03. The first kappa shape index (κ1) is 13.5. The number of thiophene rings is 1. The van der Waals surface area contributed by atoms with E-state index in [-0.39, 0.29) is 5.91 Å². The number of nitrogens with one attached hydrogen (secondary N) is 1. The summed E-state index contributed by atoms with van der Waals surface area (Å²) in [5.41, 5.74) is 3.12. The van der Waals surface area contributed by atoms with Gasteiger partial charge in [0, 0.05) is 8.45 Å². The van der Waals surface area contributed by atoms with Gasteiger partial charge in [0.1, 0.15) is 0 Å². The molecule has 0 radical (unpaired) electrons. The SMILES string of the molecule is Cc1ccsc1CNC(=O)c1cccc(C)c1I. The standard InChI is InChI=1S/C14H14INOS/c1-9-6-7-18-12(9)8-16-14(17)11-5-3-4-10(2)13(11)15/h3-7H,8H2,1-2H3,(H,16,17). The minimum atomic E-state index is -0.00380. The van der Waals surface area contributed by atoms with Crippen LogP contribution in [0.3, 0.4) is 0 Å². The van der Waals surface area contributed by atoms with Gasteiger partial charge in [0.2, 0.25) is 0 Å². The molecule has 0 atom stereocenters. The number of carbonyl (C=O) groups is 1. The Labute approximate surface area is 125 Å². The number of halogens is 1. The van der Waals surface area contributed by atoms with Crippen LogP contribution in [0, 0.1) is 17.4 Å². The van der Waals surface area contributed by atoms with Crippen LogP contribution < -0.4 is 5.32 Å². The topological polar surface area (TPSA) is 29.1 Å². The van der Waals surface area contributed by atoms with Gasteiger partial charge in [0.25, 0.3) is 5.91 Å². The summed E-state index contributed by atoms with van der Waals surface area (Å²) < 4.78 is 1.02. The fourth-order valence-corrected chi connectivity index (χ4v) is 3.11. The number of hydrogen-bond acceptors (Lipinski definition) is 2. The maximum absolute atomic E-state index is 12.1. The molecule has 0 bridgehead atoms. The maximum atomic E-state index is 12.1. The summed E-state index contributed by atoms with van der Waals surface area (Å²) >= 11 is 3.90. The van der Waals surface area contributed by atoms with E-state index in [4.69, 9.17) is 0 Å². The molecular formula is C14H14INOS. The molecule has 0 spiro atoms. The predicted molar refractivity (Wildman–Crippen MR) is 84.1 cm³/mol. The largest absolute Gasteiger partial charge is 0.347 e. The second-order valence-electron chi connectivity index (χ2n) is 4.15. The van der Waals surface area contributed by atoms with E-state index in [2.05, 4.69) is 40.9 Å². The Balaban J connectivity index is 2.09. The molecule has 1 aromatic carbocycles. The van der Waals surface area contributed by atoms with Crippen LogP contribution in [0.5, 0.6) is 0 Å². The minimum Gasteiger partial charge on any atom is -0.347 e. The van der Waals surface area contributed by atoms with Crippen LogP contribution in [0.4, 0.5) is 0 Å². The molecule has 2 nitrogen and oxygen atoms in total. The highest BCUT2D eigenvalue weighted by Gasteiger charge is 2.11. The Bertz CT molecular complexity index is 577. The Morgan fingerprint density at radius 2 is 2.06 bits per heavy atom. The highest BCUT2D eigenvalue weighted by Crippen LogP contribution is 2.18.